The molecule has 1 amide bonds. The summed E-state index contributed by atoms with van der Waals surface area (Å²) in [4.78, 5) is 16.5. The molecule has 100 valence electrons. The summed E-state index contributed by atoms with van der Waals surface area (Å²) >= 11 is 5.42. The molecule has 0 saturated carbocycles. The fourth-order valence-corrected chi connectivity index (χ4v) is 1.66. The van der Waals surface area contributed by atoms with Gasteiger partial charge in [0, 0.05) is 24.3 Å². The van der Waals surface area contributed by atoms with E-state index in [1.54, 1.807) is 6.92 Å². The first-order valence-corrected chi connectivity index (χ1v) is 5.72. The van der Waals surface area contributed by atoms with Gasteiger partial charge in [-0.1, -0.05) is 0 Å². The van der Waals surface area contributed by atoms with E-state index >= 15 is 0 Å². The Hall–Kier alpha value is -1.30. The van der Waals surface area contributed by atoms with Crippen molar-refractivity contribution in [1.82, 2.24) is 9.88 Å². The monoisotopic (exact) mass is 280 g/mol. The summed E-state index contributed by atoms with van der Waals surface area (Å²) < 4.78 is 37.1. The van der Waals surface area contributed by atoms with Crippen LogP contribution in [-0.2, 0) is 0 Å². The Morgan fingerprint density at radius 3 is 2.67 bits per heavy atom. The Kier molecular flexibility index (Phi) is 4.95. The quantitative estimate of drug-likeness (QED) is 0.795. The van der Waals surface area contributed by atoms with E-state index in [0.717, 1.165) is 0 Å². The van der Waals surface area contributed by atoms with Crippen molar-refractivity contribution in [2.75, 3.05) is 19.0 Å². The Balaban J connectivity index is 2.93. The molecule has 0 N–H and O–H groups in total. The van der Waals surface area contributed by atoms with Gasteiger partial charge in [0.2, 0.25) is 0 Å². The second kappa shape index (κ2) is 6.04. The van der Waals surface area contributed by atoms with Gasteiger partial charge < -0.3 is 4.90 Å². The van der Waals surface area contributed by atoms with Gasteiger partial charge in [-0.25, -0.2) is 0 Å². The summed E-state index contributed by atoms with van der Waals surface area (Å²) in [5.74, 6) is -0.764. The van der Waals surface area contributed by atoms with Gasteiger partial charge in [0.1, 0.15) is 6.54 Å². The standard InChI is InChI=1S/C11H12ClF3N2O/c1-8-9(3-2-5-16-8)10(18)17(6-4-12)7-11(13,14)15/h2-3,5H,4,6-7H2,1H3. The molecule has 0 atom stereocenters. The summed E-state index contributed by atoms with van der Waals surface area (Å²) in [5, 5.41) is 0. The van der Waals surface area contributed by atoms with Gasteiger partial charge in [-0.05, 0) is 19.1 Å². The van der Waals surface area contributed by atoms with Crippen molar-refractivity contribution in [2.45, 2.75) is 13.1 Å². The minimum Gasteiger partial charge on any atom is -0.328 e. The maximum absolute atomic E-state index is 12.4. The van der Waals surface area contributed by atoms with Crippen LogP contribution >= 0.6 is 11.6 Å². The smallest absolute Gasteiger partial charge is 0.328 e. The lowest BCUT2D eigenvalue weighted by molar-refractivity contribution is -0.140. The fourth-order valence-electron chi connectivity index (χ4n) is 1.45. The number of aromatic nitrogens is 1. The lowest BCUT2D eigenvalue weighted by Gasteiger charge is -2.23. The number of hydrogen-bond acceptors (Lipinski definition) is 2. The Morgan fingerprint density at radius 1 is 1.50 bits per heavy atom. The Labute approximate surface area is 108 Å². The van der Waals surface area contributed by atoms with E-state index < -0.39 is 18.6 Å². The first-order valence-electron chi connectivity index (χ1n) is 5.19. The SMILES string of the molecule is Cc1ncccc1C(=O)N(CCCl)CC(F)(F)F. The summed E-state index contributed by atoms with van der Waals surface area (Å²) in [6.07, 6.45) is -2.97. The van der Waals surface area contributed by atoms with Crippen molar-refractivity contribution < 1.29 is 18.0 Å². The third-order valence-corrected chi connectivity index (χ3v) is 2.42. The molecule has 0 aliphatic heterocycles. The Morgan fingerprint density at radius 2 is 2.17 bits per heavy atom. The average Bonchev–Trinajstić information content (AvgIpc) is 2.26. The molecule has 0 radical (unpaired) electrons. The van der Waals surface area contributed by atoms with E-state index in [-0.39, 0.29) is 18.0 Å². The number of alkyl halides is 4. The highest BCUT2D eigenvalue weighted by atomic mass is 35.5. The molecule has 0 saturated heterocycles. The molecule has 1 rings (SSSR count). The zero-order valence-corrected chi connectivity index (χ0v) is 10.4. The molecule has 1 aromatic rings. The maximum Gasteiger partial charge on any atom is 0.406 e. The number of amides is 1. The second-order valence-corrected chi connectivity index (χ2v) is 4.05. The normalized spacial score (nSPS) is 11.4. The highest BCUT2D eigenvalue weighted by Gasteiger charge is 2.33. The zero-order chi connectivity index (χ0) is 13.8. The average molecular weight is 281 g/mol. The van der Waals surface area contributed by atoms with Gasteiger partial charge in [0.05, 0.1) is 5.56 Å². The van der Waals surface area contributed by atoms with Gasteiger partial charge in [0.15, 0.2) is 0 Å². The molecule has 3 nitrogen and oxygen atoms in total. The van der Waals surface area contributed by atoms with Crippen LogP contribution in [0.1, 0.15) is 16.1 Å². The molecule has 1 heterocycles. The van der Waals surface area contributed by atoms with Gasteiger partial charge in [0.25, 0.3) is 5.91 Å². The number of carbonyl (C=O) groups is 1. The number of rotatable bonds is 4. The molecular weight excluding hydrogens is 269 g/mol. The summed E-state index contributed by atoms with van der Waals surface area (Å²) in [5.41, 5.74) is 0.552. The van der Waals surface area contributed by atoms with Crippen LogP contribution in [0.5, 0.6) is 0 Å². The molecule has 1 aromatic heterocycles. The van der Waals surface area contributed by atoms with Crippen LogP contribution < -0.4 is 0 Å². The van der Waals surface area contributed by atoms with Crippen LogP contribution in [0.15, 0.2) is 18.3 Å². The van der Waals surface area contributed by atoms with E-state index in [4.69, 9.17) is 11.6 Å². The van der Waals surface area contributed by atoms with E-state index in [1.807, 2.05) is 0 Å². The van der Waals surface area contributed by atoms with Crippen LogP contribution in [-0.4, -0.2) is 40.9 Å². The fraction of sp³-hybridized carbons (Fsp3) is 0.455. The number of nitrogens with zero attached hydrogens (tertiary/aromatic N) is 2. The van der Waals surface area contributed by atoms with Crippen molar-refractivity contribution >= 4 is 17.5 Å². The van der Waals surface area contributed by atoms with Crippen molar-refractivity contribution in [1.29, 1.82) is 0 Å². The lowest BCUT2D eigenvalue weighted by Crippen LogP contribution is -2.40. The van der Waals surface area contributed by atoms with E-state index in [2.05, 4.69) is 4.98 Å². The van der Waals surface area contributed by atoms with Crippen LogP contribution in [0.3, 0.4) is 0 Å². The number of halogens is 4. The number of aryl methyl sites for hydroxylation is 1. The van der Waals surface area contributed by atoms with Crippen LogP contribution in [0.4, 0.5) is 13.2 Å². The molecule has 0 aromatic carbocycles. The molecule has 0 spiro atoms. The molecule has 0 unspecified atom stereocenters. The topological polar surface area (TPSA) is 33.2 Å². The van der Waals surface area contributed by atoms with Gasteiger partial charge in [-0.2, -0.15) is 13.2 Å². The van der Waals surface area contributed by atoms with Crippen molar-refractivity contribution in [2.24, 2.45) is 0 Å². The first kappa shape index (κ1) is 14.8. The first-order chi connectivity index (χ1) is 8.35. The number of pyridine rings is 1. The molecular formula is C11H12ClF3N2O. The van der Waals surface area contributed by atoms with Crippen molar-refractivity contribution in [3.8, 4) is 0 Å². The predicted octanol–water partition coefficient (Wildman–Crippen LogP) is 2.63. The van der Waals surface area contributed by atoms with Crippen LogP contribution in [0.2, 0.25) is 0 Å². The second-order valence-electron chi connectivity index (χ2n) is 3.67. The number of hydrogen-bond donors (Lipinski definition) is 0. The summed E-state index contributed by atoms with van der Waals surface area (Å²) in [7, 11) is 0. The summed E-state index contributed by atoms with van der Waals surface area (Å²) in [6, 6.07) is 2.95. The Bertz CT molecular complexity index is 423. The van der Waals surface area contributed by atoms with Crippen LogP contribution in [0.25, 0.3) is 0 Å². The van der Waals surface area contributed by atoms with Gasteiger partial charge >= 0.3 is 6.18 Å². The van der Waals surface area contributed by atoms with Gasteiger partial charge in [-0.3, -0.25) is 9.78 Å². The molecule has 0 bridgehead atoms. The molecule has 7 heteroatoms. The number of carbonyl (C=O) groups excluding carboxylic acids is 1. The third-order valence-electron chi connectivity index (χ3n) is 2.25. The van der Waals surface area contributed by atoms with Crippen molar-refractivity contribution in [3.05, 3.63) is 29.6 Å². The van der Waals surface area contributed by atoms with E-state index in [1.165, 1.54) is 18.3 Å². The molecule has 0 aliphatic carbocycles. The molecule has 18 heavy (non-hydrogen) atoms. The van der Waals surface area contributed by atoms with E-state index in [9.17, 15) is 18.0 Å². The summed E-state index contributed by atoms with van der Waals surface area (Å²) in [6.45, 7) is 0.0980. The van der Waals surface area contributed by atoms with Crippen molar-refractivity contribution in [3.63, 3.8) is 0 Å². The minimum atomic E-state index is -4.45. The molecule has 0 fully saturated rings. The van der Waals surface area contributed by atoms with Gasteiger partial charge in [-0.15, -0.1) is 11.6 Å². The third kappa shape index (κ3) is 4.18. The maximum atomic E-state index is 12.4. The lowest BCUT2D eigenvalue weighted by atomic mass is 10.2. The van der Waals surface area contributed by atoms with Crippen LogP contribution in [0, 0.1) is 6.92 Å². The zero-order valence-electron chi connectivity index (χ0n) is 9.67. The van der Waals surface area contributed by atoms with E-state index in [0.29, 0.717) is 10.6 Å². The highest BCUT2D eigenvalue weighted by molar-refractivity contribution is 6.18. The minimum absolute atomic E-state index is 0.0544. The predicted molar refractivity (Wildman–Crippen MR) is 61.7 cm³/mol. The largest absolute Gasteiger partial charge is 0.406 e. The highest BCUT2D eigenvalue weighted by Crippen LogP contribution is 2.18. The molecule has 0 aliphatic rings.